The number of carbonyl (C=O) groups is 2. The molecule has 2 amide bonds. The number of fused-ring (bicyclic) bond motifs is 2. The van der Waals surface area contributed by atoms with Crippen LogP contribution < -0.4 is 15.4 Å². The predicted octanol–water partition coefficient (Wildman–Crippen LogP) is 1.92. The van der Waals surface area contributed by atoms with E-state index in [4.69, 9.17) is 4.74 Å². The van der Waals surface area contributed by atoms with Gasteiger partial charge < -0.3 is 19.8 Å². The third-order valence-corrected chi connectivity index (χ3v) is 3.52. The highest BCUT2D eigenvalue weighted by Crippen LogP contribution is 2.30. The topological polar surface area (TPSA) is 84.7 Å². The van der Waals surface area contributed by atoms with Crippen LogP contribution in [-0.2, 0) is 4.79 Å². The molecule has 7 heteroatoms. The molecule has 0 saturated heterocycles. The number of benzene rings is 1. The normalized spacial score (nSPS) is 13.1. The van der Waals surface area contributed by atoms with Crippen LogP contribution in [0.3, 0.4) is 0 Å². The Morgan fingerprint density at radius 2 is 2.22 bits per heavy atom. The smallest absolute Gasteiger partial charge is 0.262 e. The van der Waals surface area contributed by atoms with Gasteiger partial charge in [0, 0.05) is 30.3 Å². The van der Waals surface area contributed by atoms with Crippen LogP contribution in [0.4, 0.5) is 11.4 Å². The monoisotopic (exact) mass is 308 g/mol. The van der Waals surface area contributed by atoms with Crippen LogP contribution in [0.1, 0.15) is 10.4 Å². The molecule has 2 N–H and O–H groups in total. The zero-order valence-corrected chi connectivity index (χ0v) is 11.9. The molecule has 1 aliphatic rings. The van der Waals surface area contributed by atoms with Crippen molar-refractivity contribution in [2.24, 2.45) is 0 Å². The molecule has 0 radical (unpaired) electrons. The lowest BCUT2D eigenvalue weighted by Crippen LogP contribution is -2.25. The SMILES string of the molecule is O=C1COc2cc(NC(=O)c3ccc4nccn4c3)ccc2N1. The first-order valence-electron chi connectivity index (χ1n) is 7.00. The zero-order chi connectivity index (χ0) is 15.8. The minimum Gasteiger partial charge on any atom is -0.482 e. The lowest BCUT2D eigenvalue weighted by molar-refractivity contribution is -0.118. The number of anilines is 2. The maximum absolute atomic E-state index is 12.3. The average molecular weight is 308 g/mol. The van der Waals surface area contributed by atoms with Crippen molar-refractivity contribution in [1.29, 1.82) is 0 Å². The van der Waals surface area contributed by atoms with E-state index in [0.29, 0.717) is 22.7 Å². The molecule has 1 aromatic carbocycles. The Morgan fingerprint density at radius 1 is 1.30 bits per heavy atom. The molecule has 0 saturated carbocycles. The second-order valence-corrected chi connectivity index (χ2v) is 5.11. The van der Waals surface area contributed by atoms with Crippen molar-refractivity contribution >= 4 is 28.8 Å². The molecule has 114 valence electrons. The molecule has 0 atom stereocenters. The maximum atomic E-state index is 12.3. The van der Waals surface area contributed by atoms with Crippen LogP contribution in [0.25, 0.3) is 5.65 Å². The van der Waals surface area contributed by atoms with Gasteiger partial charge in [-0.25, -0.2) is 4.98 Å². The number of carbonyl (C=O) groups excluding carboxylic acids is 2. The van der Waals surface area contributed by atoms with Crippen LogP contribution in [0.15, 0.2) is 48.9 Å². The Balaban J connectivity index is 1.57. The highest BCUT2D eigenvalue weighted by atomic mass is 16.5. The number of nitrogens with one attached hydrogen (secondary N) is 2. The summed E-state index contributed by atoms with van der Waals surface area (Å²) in [6, 6.07) is 8.58. The van der Waals surface area contributed by atoms with Gasteiger partial charge in [-0.2, -0.15) is 0 Å². The fourth-order valence-corrected chi connectivity index (χ4v) is 2.41. The van der Waals surface area contributed by atoms with Gasteiger partial charge in [-0.3, -0.25) is 9.59 Å². The van der Waals surface area contributed by atoms with Gasteiger partial charge in [0.1, 0.15) is 11.4 Å². The number of hydrogen-bond donors (Lipinski definition) is 2. The molecular formula is C16H12N4O3. The summed E-state index contributed by atoms with van der Waals surface area (Å²) < 4.78 is 7.11. The third-order valence-electron chi connectivity index (χ3n) is 3.52. The second kappa shape index (κ2) is 5.13. The number of imidazole rings is 1. The van der Waals surface area contributed by atoms with E-state index in [1.165, 1.54) is 0 Å². The van der Waals surface area contributed by atoms with Crippen molar-refractivity contribution < 1.29 is 14.3 Å². The first-order valence-corrected chi connectivity index (χ1v) is 7.00. The van der Waals surface area contributed by atoms with Crippen LogP contribution in [-0.4, -0.2) is 27.8 Å². The van der Waals surface area contributed by atoms with E-state index in [9.17, 15) is 9.59 Å². The summed E-state index contributed by atoms with van der Waals surface area (Å²) in [5.74, 6) is 0.107. The molecular weight excluding hydrogens is 296 g/mol. The Hall–Kier alpha value is -3.35. The van der Waals surface area contributed by atoms with Crippen molar-refractivity contribution in [2.45, 2.75) is 0 Å². The third kappa shape index (κ3) is 2.48. The molecule has 1 aliphatic heterocycles. The van der Waals surface area contributed by atoms with Crippen molar-refractivity contribution in [3.05, 3.63) is 54.5 Å². The fraction of sp³-hybridized carbons (Fsp3) is 0.0625. The summed E-state index contributed by atoms with van der Waals surface area (Å²) in [6.45, 7) is -0.0261. The molecule has 4 rings (SSSR count). The summed E-state index contributed by atoms with van der Waals surface area (Å²) in [6.07, 6.45) is 5.17. The van der Waals surface area contributed by atoms with Gasteiger partial charge in [-0.1, -0.05) is 0 Å². The first-order chi connectivity index (χ1) is 11.2. The van der Waals surface area contributed by atoms with Crippen LogP contribution >= 0.6 is 0 Å². The number of pyridine rings is 1. The molecule has 3 aromatic rings. The molecule has 23 heavy (non-hydrogen) atoms. The first kappa shape index (κ1) is 13.3. The van der Waals surface area contributed by atoms with Gasteiger partial charge in [-0.05, 0) is 24.3 Å². The molecule has 0 spiro atoms. The fourth-order valence-electron chi connectivity index (χ4n) is 2.41. The minimum absolute atomic E-state index is 0.0261. The summed E-state index contributed by atoms with van der Waals surface area (Å²) in [7, 11) is 0. The molecule has 3 heterocycles. The van der Waals surface area contributed by atoms with Crippen LogP contribution in [0, 0.1) is 0 Å². The van der Waals surface area contributed by atoms with Gasteiger partial charge >= 0.3 is 0 Å². The van der Waals surface area contributed by atoms with Gasteiger partial charge in [0.05, 0.1) is 11.3 Å². The van der Waals surface area contributed by atoms with Gasteiger partial charge in [0.15, 0.2) is 6.61 Å². The van der Waals surface area contributed by atoms with Crippen LogP contribution in [0.5, 0.6) is 5.75 Å². The van der Waals surface area contributed by atoms with E-state index in [1.54, 1.807) is 53.3 Å². The van der Waals surface area contributed by atoms with E-state index in [0.717, 1.165) is 5.65 Å². The van der Waals surface area contributed by atoms with E-state index < -0.39 is 0 Å². The van der Waals surface area contributed by atoms with E-state index in [2.05, 4.69) is 15.6 Å². The Morgan fingerprint density at radius 3 is 3.13 bits per heavy atom. The number of nitrogens with zero attached hydrogens (tertiary/aromatic N) is 2. The number of aromatic nitrogens is 2. The second-order valence-electron chi connectivity index (χ2n) is 5.11. The Labute approximate surface area is 130 Å². The maximum Gasteiger partial charge on any atom is 0.262 e. The molecule has 0 unspecified atom stereocenters. The minimum atomic E-state index is -0.236. The number of hydrogen-bond acceptors (Lipinski definition) is 4. The molecule has 0 bridgehead atoms. The van der Waals surface area contributed by atoms with Crippen molar-refractivity contribution in [1.82, 2.24) is 9.38 Å². The predicted molar refractivity (Wildman–Crippen MR) is 83.7 cm³/mol. The van der Waals surface area contributed by atoms with Crippen molar-refractivity contribution in [3.63, 3.8) is 0 Å². The molecule has 0 aliphatic carbocycles. The summed E-state index contributed by atoms with van der Waals surface area (Å²) in [5.41, 5.74) is 2.48. The van der Waals surface area contributed by atoms with E-state index in [-0.39, 0.29) is 18.4 Å². The zero-order valence-electron chi connectivity index (χ0n) is 11.9. The quantitative estimate of drug-likeness (QED) is 0.757. The lowest BCUT2D eigenvalue weighted by atomic mass is 10.2. The number of ether oxygens (including phenoxy) is 1. The number of amides is 2. The van der Waals surface area contributed by atoms with Crippen molar-refractivity contribution in [2.75, 3.05) is 17.2 Å². The van der Waals surface area contributed by atoms with Crippen molar-refractivity contribution in [3.8, 4) is 5.75 Å². The molecule has 7 nitrogen and oxygen atoms in total. The number of rotatable bonds is 2. The standard InChI is InChI=1S/C16H12N4O3/c21-15-9-23-13-7-11(2-3-12(13)19-15)18-16(22)10-1-4-14-17-5-6-20(14)8-10/h1-8H,9H2,(H,18,22)(H,19,21). The van der Waals surface area contributed by atoms with Gasteiger partial charge in [0.25, 0.3) is 11.8 Å². The summed E-state index contributed by atoms with van der Waals surface area (Å²) >= 11 is 0. The largest absolute Gasteiger partial charge is 0.482 e. The lowest BCUT2D eigenvalue weighted by Gasteiger charge is -2.18. The van der Waals surface area contributed by atoms with Gasteiger partial charge in [-0.15, -0.1) is 0 Å². The highest BCUT2D eigenvalue weighted by Gasteiger charge is 2.16. The molecule has 0 fully saturated rings. The van der Waals surface area contributed by atoms with E-state index in [1.807, 2.05) is 0 Å². The molecule has 2 aromatic heterocycles. The highest BCUT2D eigenvalue weighted by molar-refractivity contribution is 6.04. The summed E-state index contributed by atoms with van der Waals surface area (Å²) in [4.78, 5) is 27.7. The Kier molecular flexibility index (Phi) is 2.97. The van der Waals surface area contributed by atoms with Gasteiger partial charge in [0.2, 0.25) is 0 Å². The average Bonchev–Trinajstić information content (AvgIpc) is 3.02. The van der Waals surface area contributed by atoms with E-state index >= 15 is 0 Å². The Bertz CT molecular complexity index is 932. The summed E-state index contributed by atoms with van der Waals surface area (Å²) in [5, 5.41) is 5.51. The van der Waals surface area contributed by atoms with Crippen LogP contribution in [0.2, 0.25) is 0 Å².